The Hall–Kier alpha value is -1.47. The number of benzene rings is 1. The molecule has 1 amide bonds. The van der Waals surface area contributed by atoms with Crippen LogP contribution in [0.2, 0.25) is 0 Å². The van der Waals surface area contributed by atoms with E-state index in [0.717, 1.165) is 6.26 Å². The van der Waals surface area contributed by atoms with Gasteiger partial charge in [-0.05, 0) is 37.1 Å². The van der Waals surface area contributed by atoms with Gasteiger partial charge in [-0.25, -0.2) is 12.8 Å². The zero-order valence-corrected chi connectivity index (χ0v) is 11.3. The van der Waals surface area contributed by atoms with Gasteiger partial charge in [0.2, 0.25) is 15.9 Å². The average molecular weight is 286 g/mol. The van der Waals surface area contributed by atoms with Crippen LogP contribution < -0.4 is 5.32 Å². The molecule has 104 valence electrons. The quantitative estimate of drug-likeness (QED) is 0.907. The number of carbonyl (C=O) groups is 1. The molecule has 1 N–H and O–H groups in total. The third kappa shape index (κ3) is 3.30. The molecule has 2 rings (SSSR count). The number of carbonyl (C=O) groups excluding carboxylic acids is 1. The lowest BCUT2D eigenvalue weighted by atomic mass is 10.2. The van der Waals surface area contributed by atoms with Gasteiger partial charge in [-0.15, -0.1) is 0 Å². The molecule has 1 aliphatic heterocycles. The number of nitrogens with one attached hydrogen (secondary N) is 1. The van der Waals surface area contributed by atoms with Crippen molar-refractivity contribution in [3.05, 3.63) is 30.1 Å². The SMILES string of the molecule is CS(=O)(=O)N1CCC[C@H]1C(=O)Nc1ccc(F)cc1. The van der Waals surface area contributed by atoms with Crippen LogP contribution in [0, 0.1) is 5.82 Å². The molecule has 0 aliphatic carbocycles. The Bertz CT molecular complexity index is 571. The number of amides is 1. The van der Waals surface area contributed by atoms with Gasteiger partial charge >= 0.3 is 0 Å². The molecule has 0 radical (unpaired) electrons. The summed E-state index contributed by atoms with van der Waals surface area (Å²) in [5, 5.41) is 2.60. The summed E-state index contributed by atoms with van der Waals surface area (Å²) in [6.45, 7) is 0.361. The lowest BCUT2D eigenvalue weighted by molar-refractivity contribution is -0.119. The Kier molecular flexibility index (Phi) is 3.86. The van der Waals surface area contributed by atoms with Crippen LogP contribution in [0.1, 0.15) is 12.8 Å². The first kappa shape index (κ1) is 14.0. The molecule has 0 unspecified atom stereocenters. The highest BCUT2D eigenvalue weighted by Gasteiger charge is 2.36. The third-order valence-electron chi connectivity index (χ3n) is 3.04. The van der Waals surface area contributed by atoms with E-state index < -0.39 is 21.9 Å². The summed E-state index contributed by atoms with van der Waals surface area (Å²) in [4.78, 5) is 12.0. The zero-order chi connectivity index (χ0) is 14.0. The molecule has 1 aromatic carbocycles. The van der Waals surface area contributed by atoms with Gasteiger partial charge in [-0.3, -0.25) is 4.79 Å². The fourth-order valence-corrected chi connectivity index (χ4v) is 3.28. The largest absolute Gasteiger partial charge is 0.325 e. The van der Waals surface area contributed by atoms with Gasteiger partial charge in [0.25, 0.3) is 0 Å². The molecule has 1 fully saturated rings. The molecule has 1 heterocycles. The minimum atomic E-state index is -3.38. The van der Waals surface area contributed by atoms with E-state index in [0.29, 0.717) is 25.1 Å². The maximum atomic E-state index is 12.7. The van der Waals surface area contributed by atoms with Crippen molar-refractivity contribution in [2.75, 3.05) is 18.1 Å². The van der Waals surface area contributed by atoms with Gasteiger partial charge in [0, 0.05) is 12.2 Å². The van der Waals surface area contributed by atoms with Gasteiger partial charge in [0.05, 0.1) is 6.26 Å². The van der Waals surface area contributed by atoms with Crippen LogP contribution >= 0.6 is 0 Å². The van der Waals surface area contributed by atoms with Crippen molar-refractivity contribution < 1.29 is 17.6 Å². The number of sulfonamides is 1. The molecule has 0 bridgehead atoms. The van der Waals surface area contributed by atoms with Crippen molar-refractivity contribution in [1.29, 1.82) is 0 Å². The number of hydrogen-bond donors (Lipinski definition) is 1. The van der Waals surface area contributed by atoms with E-state index in [1.165, 1.54) is 28.6 Å². The third-order valence-corrected chi connectivity index (χ3v) is 4.33. The Labute approximate surface area is 111 Å². The second-order valence-corrected chi connectivity index (χ2v) is 6.46. The van der Waals surface area contributed by atoms with E-state index >= 15 is 0 Å². The van der Waals surface area contributed by atoms with Crippen LogP contribution in [-0.4, -0.2) is 37.5 Å². The smallest absolute Gasteiger partial charge is 0.242 e. The maximum absolute atomic E-state index is 12.7. The van der Waals surface area contributed by atoms with Gasteiger partial charge in [-0.1, -0.05) is 0 Å². The summed E-state index contributed by atoms with van der Waals surface area (Å²) in [6, 6.07) is 4.66. The molecule has 7 heteroatoms. The second-order valence-electron chi connectivity index (χ2n) is 4.53. The van der Waals surface area contributed by atoms with Crippen molar-refractivity contribution in [2.45, 2.75) is 18.9 Å². The van der Waals surface area contributed by atoms with E-state index in [1.54, 1.807) is 0 Å². The van der Waals surface area contributed by atoms with Crippen LogP contribution in [0.4, 0.5) is 10.1 Å². The van der Waals surface area contributed by atoms with Crippen molar-refractivity contribution in [1.82, 2.24) is 4.31 Å². The van der Waals surface area contributed by atoms with Crippen molar-refractivity contribution >= 4 is 21.6 Å². The number of hydrogen-bond acceptors (Lipinski definition) is 3. The number of halogens is 1. The molecular formula is C12H15FN2O3S. The fraction of sp³-hybridized carbons (Fsp3) is 0.417. The molecular weight excluding hydrogens is 271 g/mol. The van der Waals surface area contributed by atoms with Crippen LogP contribution in [0.25, 0.3) is 0 Å². The van der Waals surface area contributed by atoms with Crippen molar-refractivity contribution in [2.24, 2.45) is 0 Å². The van der Waals surface area contributed by atoms with Crippen LogP contribution in [0.15, 0.2) is 24.3 Å². The Morgan fingerprint density at radius 1 is 1.37 bits per heavy atom. The van der Waals surface area contributed by atoms with E-state index in [9.17, 15) is 17.6 Å². The highest BCUT2D eigenvalue weighted by molar-refractivity contribution is 7.88. The predicted octanol–water partition coefficient (Wildman–Crippen LogP) is 1.19. The number of nitrogens with zero attached hydrogens (tertiary/aromatic N) is 1. The van der Waals surface area contributed by atoms with Crippen molar-refractivity contribution in [3.63, 3.8) is 0 Å². The van der Waals surface area contributed by atoms with Gasteiger partial charge in [0.15, 0.2) is 0 Å². The van der Waals surface area contributed by atoms with Gasteiger partial charge in [0.1, 0.15) is 11.9 Å². The minimum Gasteiger partial charge on any atom is -0.325 e. The summed E-state index contributed by atoms with van der Waals surface area (Å²) in [5.41, 5.74) is 0.451. The topological polar surface area (TPSA) is 66.5 Å². The van der Waals surface area contributed by atoms with Crippen LogP contribution in [0.3, 0.4) is 0 Å². The molecule has 5 nitrogen and oxygen atoms in total. The molecule has 1 saturated heterocycles. The Balaban J connectivity index is 2.09. The Morgan fingerprint density at radius 2 is 2.00 bits per heavy atom. The van der Waals surface area contributed by atoms with Gasteiger partial charge < -0.3 is 5.32 Å². The average Bonchev–Trinajstić information content (AvgIpc) is 2.81. The summed E-state index contributed by atoms with van der Waals surface area (Å²) >= 11 is 0. The normalized spacial score (nSPS) is 20.4. The fourth-order valence-electron chi connectivity index (χ4n) is 2.16. The lowest BCUT2D eigenvalue weighted by Gasteiger charge is -2.21. The van der Waals surface area contributed by atoms with E-state index in [2.05, 4.69) is 5.32 Å². The molecule has 0 saturated carbocycles. The molecule has 1 aromatic rings. The molecule has 0 aromatic heterocycles. The summed E-state index contributed by atoms with van der Waals surface area (Å²) < 4.78 is 37.0. The summed E-state index contributed by atoms with van der Waals surface area (Å²) in [6.07, 6.45) is 2.26. The number of rotatable bonds is 3. The summed E-state index contributed by atoms with van der Waals surface area (Å²) in [5.74, 6) is -0.772. The first-order valence-corrected chi connectivity index (χ1v) is 7.76. The minimum absolute atomic E-state index is 0.361. The molecule has 19 heavy (non-hydrogen) atoms. The molecule has 1 atom stereocenters. The number of anilines is 1. The predicted molar refractivity (Wildman–Crippen MR) is 69.6 cm³/mol. The lowest BCUT2D eigenvalue weighted by Crippen LogP contribution is -2.42. The zero-order valence-electron chi connectivity index (χ0n) is 10.5. The van der Waals surface area contributed by atoms with E-state index in [1.807, 2.05) is 0 Å². The van der Waals surface area contributed by atoms with Crippen LogP contribution in [0.5, 0.6) is 0 Å². The van der Waals surface area contributed by atoms with Crippen LogP contribution in [-0.2, 0) is 14.8 Å². The second kappa shape index (κ2) is 5.26. The highest BCUT2D eigenvalue weighted by atomic mass is 32.2. The Morgan fingerprint density at radius 3 is 2.58 bits per heavy atom. The van der Waals surface area contributed by atoms with Gasteiger partial charge in [-0.2, -0.15) is 4.31 Å². The highest BCUT2D eigenvalue weighted by Crippen LogP contribution is 2.21. The molecule has 0 spiro atoms. The van der Waals surface area contributed by atoms with E-state index in [4.69, 9.17) is 0 Å². The first-order chi connectivity index (χ1) is 8.88. The first-order valence-electron chi connectivity index (χ1n) is 5.91. The van der Waals surface area contributed by atoms with E-state index in [-0.39, 0.29) is 5.91 Å². The monoisotopic (exact) mass is 286 g/mol. The standard InChI is InChI=1S/C12H15FN2O3S/c1-19(17,18)15-8-2-3-11(15)12(16)14-10-6-4-9(13)5-7-10/h4-7,11H,2-3,8H2,1H3,(H,14,16)/t11-/m0/s1. The summed E-state index contributed by atoms with van der Waals surface area (Å²) in [7, 11) is -3.38. The van der Waals surface area contributed by atoms with Crippen molar-refractivity contribution in [3.8, 4) is 0 Å². The molecule has 1 aliphatic rings. The maximum Gasteiger partial charge on any atom is 0.242 e.